The van der Waals surface area contributed by atoms with Gasteiger partial charge in [0.25, 0.3) is 0 Å². The van der Waals surface area contributed by atoms with E-state index >= 15 is 0 Å². The van der Waals surface area contributed by atoms with Crippen LogP contribution in [0.3, 0.4) is 0 Å². The number of fused-ring (bicyclic) bond motifs is 1. The highest BCUT2D eigenvalue weighted by molar-refractivity contribution is 7.91. The lowest BCUT2D eigenvalue weighted by Gasteiger charge is -2.43. The number of sulfone groups is 1. The monoisotopic (exact) mass is 336 g/mol. The van der Waals surface area contributed by atoms with E-state index in [0.29, 0.717) is 6.54 Å². The fraction of sp³-hybridized carbons (Fsp3) is 0.588. The Bertz CT molecular complexity index is 660. The second-order valence-electron chi connectivity index (χ2n) is 6.49. The van der Waals surface area contributed by atoms with E-state index in [9.17, 15) is 13.2 Å². The summed E-state index contributed by atoms with van der Waals surface area (Å²) in [6.45, 7) is 3.26. The van der Waals surface area contributed by atoms with Gasteiger partial charge < -0.3 is 4.90 Å². The molecule has 1 amide bonds. The van der Waals surface area contributed by atoms with E-state index in [0.717, 1.165) is 31.5 Å². The van der Waals surface area contributed by atoms with Crippen molar-refractivity contribution in [1.29, 1.82) is 0 Å². The van der Waals surface area contributed by atoms with Gasteiger partial charge in [-0.15, -0.1) is 0 Å². The van der Waals surface area contributed by atoms with E-state index in [1.807, 2.05) is 30.3 Å². The lowest BCUT2D eigenvalue weighted by Crippen LogP contribution is -2.62. The molecule has 1 aromatic rings. The van der Waals surface area contributed by atoms with Gasteiger partial charge in [0, 0.05) is 11.7 Å². The molecule has 0 unspecified atom stereocenters. The van der Waals surface area contributed by atoms with Gasteiger partial charge >= 0.3 is 0 Å². The van der Waals surface area contributed by atoms with Gasteiger partial charge in [-0.25, -0.2) is 8.42 Å². The third-order valence-corrected chi connectivity index (χ3v) is 6.48. The second kappa shape index (κ2) is 6.61. The van der Waals surface area contributed by atoms with Crippen molar-refractivity contribution in [3.8, 4) is 0 Å². The molecule has 23 heavy (non-hydrogen) atoms. The molecule has 1 aromatic carbocycles. The molecule has 0 saturated carbocycles. The zero-order valence-electron chi connectivity index (χ0n) is 13.5. The lowest BCUT2D eigenvalue weighted by atomic mass is 10.0. The number of nitrogens with zero attached hydrogens (tertiary/aromatic N) is 2. The summed E-state index contributed by atoms with van der Waals surface area (Å²) in [7, 11) is -3.09. The molecular weight excluding hydrogens is 312 g/mol. The first-order valence-electron chi connectivity index (χ1n) is 8.33. The van der Waals surface area contributed by atoms with E-state index < -0.39 is 9.84 Å². The summed E-state index contributed by atoms with van der Waals surface area (Å²) in [4.78, 5) is 16.5. The van der Waals surface area contributed by atoms with Crippen molar-refractivity contribution in [2.45, 2.75) is 38.3 Å². The van der Waals surface area contributed by atoms with Crippen LogP contribution in [0.2, 0.25) is 0 Å². The molecule has 5 nitrogen and oxygen atoms in total. The Hall–Kier alpha value is -1.40. The minimum atomic E-state index is -3.09. The van der Waals surface area contributed by atoms with Crippen LogP contribution in [0, 0.1) is 0 Å². The van der Waals surface area contributed by atoms with Crippen LogP contribution < -0.4 is 4.90 Å². The zero-order valence-corrected chi connectivity index (χ0v) is 14.3. The summed E-state index contributed by atoms with van der Waals surface area (Å²) in [5, 5.41) is 0. The molecule has 0 N–H and O–H groups in total. The van der Waals surface area contributed by atoms with Crippen LogP contribution >= 0.6 is 0 Å². The fourth-order valence-electron chi connectivity index (χ4n) is 3.69. The van der Waals surface area contributed by atoms with Gasteiger partial charge in [0.1, 0.15) is 0 Å². The fourth-order valence-corrected chi connectivity index (χ4v) is 5.67. The van der Waals surface area contributed by atoms with Gasteiger partial charge in [-0.2, -0.15) is 0 Å². The number of carbonyl (C=O) groups excluding carboxylic acids is 1. The van der Waals surface area contributed by atoms with E-state index in [-0.39, 0.29) is 29.5 Å². The second-order valence-corrected chi connectivity index (χ2v) is 8.64. The first kappa shape index (κ1) is 16.5. The molecule has 0 aromatic heterocycles. The number of benzene rings is 1. The van der Waals surface area contributed by atoms with Crippen LogP contribution in [0.1, 0.15) is 26.2 Å². The van der Waals surface area contributed by atoms with Gasteiger partial charge in [0.15, 0.2) is 9.84 Å². The zero-order chi connectivity index (χ0) is 16.4. The topological polar surface area (TPSA) is 57.7 Å². The van der Waals surface area contributed by atoms with E-state index in [2.05, 4.69) is 11.8 Å². The molecule has 2 atom stereocenters. The molecule has 2 fully saturated rings. The number of piperazine rings is 1. The maximum Gasteiger partial charge on any atom is 0.241 e. The van der Waals surface area contributed by atoms with Gasteiger partial charge in [-0.1, -0.05) is 38.0 Å². The maximum absolute atomic E-state index is 12.7. The number of hydrogen-bond donors (Lipinski definition) is 0. The standard InChI is InChI=1S/C17H24N2O3S/c1-2-3-7-10-18-11-17(20)19(14-8-5-4-6-9-14)16-13-23(21,22)12-15(16)18/h4-6,8-9,15-16H,2-3,7,10-13H2,1H3/t15-,16+/m0/s1. The van der Waals surface area contributed by atoms with Crippen LogP contribution in [0.5, 0.6) is 0 Å². The molecule has 126 valence electrons. The van der Waals surface area contributed by atoms with Crippen molar-refractivity contribution in [2.75, 3.05) is 29.5 Å². The van der Waals surface area contributed by atoms with Crippen LogP contribution in [-0.4, -0.2) is 55.9 Å². The first-order valence-corrected chi connectivity index (χ1v) is 10.2. The van der Waals surface area contributed by atoms with Gasteiger partial charge in [0.05, 0.1) is 24.1 Å². The number of rotatable bonds is 5. The van der Waals surface area contributed by atoms with Crippen molar-refractivity contribution in [1.82, 2.24) is 4.90 Å². The Morgan fingerprint density at radius 1 is 1.09 bits per heavy atom. The highest BCUT2D eigenvalue weighted by Crippen LogP contribution is 2.31. The minimum absolute atomic E-state index is 0.00560. The van der Waals surface area contributed by atoms with Gasteiger partial charge in [0.2, 0.25) is 5.91 Å². The summed E-state index contributed by atoms with van der Waals surface area (Å²) in [5.74, 6) is 0.245. The normalized spacial score (nSPS) is 27.2. The molecule has 0 spiro atoms. The SMILES string of the molecule is CCCCCN1CC(=O)N(c2ccccc2)[C@@H]2CS(=O)(=O)C[C@@H]21. The Balaban J connectivity index is 1.87. The van der Waals surface area contributed by atoms with Crippen molar-refractivity contribution in [3.05, 3.63) is 30.3 Å². The highest BCUT2D eigenvalue weighted by atomic mass is 32.2. The van der Waals surface area contributed by atoms with Crippen LogP contribution in [0.15, 0.2) is 30.3 Å². The number of hydrogen-bond acceptors (Lipinski definition) is 4. The molecular formula is C17H24N2O3S. The van der Waals surface area contributed by atoms with Crippen LogP contribution in [0.4, 0.5) is 5.69 Å². The quantitative estimate of drug-likeness (QED) is 0.768. The number of carbonyl (C=O) groups is 1. The third kappa shape index (κ3) is 3.43. The molecule has 0 bridgehead atoms. The largest absolute Gasteiger partial charge is 0.306 e. The smallest absolute Gasteiger partial charge is 0.241 e. The van der Waals surface area contributed by atoms with E-state index in [4.69, 9.17) is 0 Å². The molecule has 2 aliphatic rings. The predicted molar refractivity (Wildman–Crippen MR) is 91.3 cm³/mol. The highest BCUT2D eigenvalue weighted by Gasteiger charge is 2.49. The van der Waals surface area contributed by atoms with Gasteiger partial charge in [-0.3, -0.25) is 9.69 Å². The van der Waals surface area contributed by atoms with Crippen molar-refractivity contribution in [2.24, 2.45) is 0 Å². The van der Waals surface area contributed by atoms with Crippen LogP contribution in [0.25, 0.3) is 0 Å². The molecule has 0 aliphatic carbocycles. The Morgan fingerprint density at radius 3 is 2.48 bits per heavy atom. The number of para-hydroxylation sites is 1. The molecule has 6 heteroatoms. The average Bonchev–Trinajstić information content (AvgIpc) is 2.83. The molecule has 2 aliphatic heterocycles. The summed E-state index contributed by atoms with van der Waals surface area (Å²) in [6.07, 6.45) is 3.24. The summed E-state index contributed by atoms with van der Waals surface area (Å²) in [6, 6.07) is 9.10. The Kier molecular flexibility index (Phi) is 4.73. The van der Waals surface area contributed by atoms with E-state index in [1.165, 1.54) is 0 Å². The number of amides is 1. The van der Waals surface area contributed by atoms with E-state index in [1.54, 1.807) is 4.90 Å². The number of anilines is 1. The first-order chi connectivity index (χ1) is 11.0. The molecule has 2 heterocycles. The van der Waals surface area contributed by atoms with Crippen molar-refractivity contribution in [3.63, 3.8) is 0 Å². The summed E-state index contributed by atoms with van der Waals surface area (Å²) >= 11 is 0. The molecule has 3 rings (SSSR count). The van der Waals surface area contributed by atoms with Crippen LogP contribution in [-0.2, 0) is 14.6 Å². The van der Waals surface area contributed by atoms with Gasteiger partial charge in [-0.05, 0) is 25.1 Å². The average molecular weight is 336 g/mol. The summed E-state index contributed by atoms with van der Waals surface area (Å²) in [5.41, 5.74) is 0.804. The van der Waals surface area contributed by atoms with Crippen molar-refractivity contribution >= 4 is 21.4 Å². The number of unbranched alkanes of at least 4 members (excludes halogenated alkanes) is 2. The molecule has 2 saturated heterocycles. The Labute approximate surface area is 138 Å². The summed E-state index contributed by atoms with van der Waals surface area (Å²) < 4.78 is 24.4. The minimum Gasteiger partial charge on any atom is -0.306 e. The maximum atomic E-state index is 12.7. The predicted octanol–water partition coefficient (Wildman–Crippen LogP) is 1.69. The lowest BCUT2D eigenvalue weighted by molar-refractivity contribution is -0.123. The Morgan fingerprint density at radius 2 is 1.78 bits per heavy atom. The van der Waals surface area contributed by atoms with Crippen molar-refractivity contribution < 1.29 is 13.2 Å². The molecule has 0 radical (unpaired) electrons. The third-order valence-electron chi connectivity index (χ3n) is 4.78.